The highest BCUT2D eigenvalue weighted by atomic mass is 35.5. The number of hydrogen-bond acceptors (Lipinski definition) is 4. The van der Waals surface area contributed by atoms with Crippen LogP contribution in [0.5, 0.6) is 5.75 Å². The van der Waals surface area contributed by atoms with E-state index in [9.17, 15) is 4.79 Å². The summed E-state index contributed by atoms with van der Waals surface area (Å²) < 4.78 is 5.50. The number of carbonyl (C=O) groups is 1. The number of rotatable bonds is 7. The molecule has 0 saturated carbocycles. The Balaban J connectivity index is 1.64. The molecule has 2 rings (SSSR count). The topological polar surface area (TPSA) is 50.7 Å². The second-order valence-electron chi connectivity index (χ2n) is 4.34. The van der Waals surface area contributed by atoms with Crippen LogP contribution in [0.1, 0.15) is 17.7 Å². The zero-order valence-corrected chi connectivity index (χ0v) is 13.9. The van der Waals surface area contributed by atoms with Gasteiger partial charge in [-0.25, -0.2) is 5.43 Å². The summed E-state index contributed by atoms with van der Waals surface area (Å²) in [6, 6.07) is 8.87. The summed E-state index contributed by atoms with van der Waals surface area (Å²) in [5, 5.41) is 6.84. The largest absolute Gasteiger partial charge is 0.492 e. The maximum Gasteiger partial charge on any atom is 0.240 e. The van der Waals surface area contributed by atoms with Gasteiger partial charge in [0.15, 0.2) is 0 Å². The number of nitrogens with zero attached hydrogens (tertiary/aromatic N) is 1. The van der Waals surface area contributed by atoms with Gasteiger partial charge in [-0.3, -0.25) is 4.79 Å². The van der Waals surface area contributed by atoms with E-state index >= 15 is 0 Å². The first-order valence-electron chi connectivity index (χ1n) is 6.58. The molecule has 0 atom stereocenters. The smallest absolute Gasteiger partial charge is 0.240 e. The Labute approximate surface area is 142 Å². The predicted octanol–water partition coefficient (Wildman–Crippen LogP) is 4.36. The monoisotopic (exact) mass is 356 g/mol. The third kappa shape index (κ3) is 5.67. The molecule has 7 heteroatoms. The van der Waals surface area contributed by atoms with E-state index in [-0.39, 0.29) is 5.91 Å². The second-order valence-corrected chi connectivity index (χ2v) is 6.16. The van der Waals surface area contributed by atoms with E-state index in [0.29, 0.717) is 35.2 Å². The molecule has 1 aromatic heterocycles. The van der Waals surface area contributed by atoms with Gasteiger partial charge in [-0.05, 0) is 36.1 Å². The first kappa shape index (κ1) is 16.8. The fourth-order valence-electron chi connectivity index (χ4n) is 1.60. The molecule has 1 aromatic carbocycles. The fraction of sp³-hybridized carbons (Fsp3) is 0.200. The van der Waals surface area contributed by atoms with Crippen molar-refractivity contribution in [3.8, 4) is 5.75 Å². The number of ether oxygens (including phenoxy) is 1. The maximum absolute atomic E-state index is 11.6. The van der Waals surface area contributed by atoms with Gasteiger partial charge < -0.3 is 4.74 Å². The Hall–Kier alpha value is -1.56. The lowest BCUT2D eigenvalue weighted by molar-refractivity contribution is -0.121. The fourth-order valence-corrected chi connectivity index (χ4v) is 2.64. The first-order chi connectivity index (χ1) is 10.6. The van der Waals surface area contributed by atoms with Gasteiger partial charge in [0.05, 0.1) is 17.8 Å². The van der Waals surface area contributed by atoms with Crippen molar-refractivity contribution in [1.82, 2.24) is 5.43 Å². The van der Waals surface area contributed by atoms with Crippen molar-refractivity contribution in [2.45, 2.75) is 12.8 Å². The summed E-state index contributed by atoms with van der Waals surface area (Å²) in [5.41, 5.74) is 2.48. The number of amides is 1. The molecule has 1 N–H and O–H groups in total. The van der Waals surface area contributed by atoms with E-state index in [1.807, 2.05) is 17.5 Å². The van der Waals surface area contributed by atoms with Crippen molar-refractivity contribution >= 4 is 46.7 Å². The van der Waals surface area contributed by atoms with Crippen molar-refractivity contribution in [3.05, 3.63) is 50.6 Å². The van der Waals surface area contributed by atoms with Crippen LogP contribution in [-0.4, -0.2) is 18.7 Å². The summed E-state index contributed by atoms with van der Waals surface area (Å²) in [7, 11) is 0. The maximum atomic E-state index is 11.6. The van der Waals surface area contributed by atoms with Crippen LogP contribution in [0.2, 0.25) is 10.0 Å². The molecule has 0 bridgehead atoms. The van der Waals surface area contributed by atoms with Crippen LogP contribution in [0.25, 0.3) is 0 Å². The molecular weight excluding hydrogens is 343 g/mol. The molecular formula is C15H14Cl2N2O2S. The van der Waals surface area contributed by atoms with Gasteiger partial charge in [0, 0.05) is 16.3 Å². The standard InChI is InChI=1S/C15H14Cl2N2O2S/c16-11-5-6-14(13(17)9-11)21-7-1-4-15(20)19-18-10-12-3-2-8-22-12/h2-3,5-6,8-10H,1,4,7H2,(H,19,20). The van der Waals surface area contributed by atoms with Gasteiger partial charge in [-0.15, -0.1) is 11.3 Å². The van der Waals surface area contributed by atoms with Crippen LogP contribution in [0.3, 0.4) is 0 Å². The quantitative estimate of drug-likeness (QED) is 0.455. The van der Waals surface area contributed by atoms with Crippen LogP contribution < -0.4 is 10.2 Å². The molecule has 1 amide bonds. The third-order valence-corrected chi connectivity index (χ3v) is 3.96. The Kier molecular flexibility index (Phi) is 6.71. The van der Waals surface area contributed by atoms with Crippen LogP contribution in [0.15, 0.2) is 40.8 Å². The summed E-state index contributed by atoms with van der Waals surface area (Å²) in [6.07, 6.45) is 2.51. The van der Waals surface area contributed by atoms with E-state index in [1.54, 1.807) is 35.8 Å². The van der Waals surface area contributed by atoms with E-state index in [1.165, 1.54) is 0 Å². The average molecular weight is 357 g/mol. The molecule has 22 heavy (non-hydrogen) atoms. The molecule has 0 spiro atoms. The zero-order valence-electron chi connectivity index (χ0n) is 11.6. The number of benzene rings is 1. The summed E-state index contributed by atoms with van der Waals surface area (Å²) in [6.45, 7) is 0.392. The minimum atomic E-state index is -0.154. The highest BCUT2D eigenvalue weighted by Crippen LogP contribution is 2.27. The normalized spacial score (nSPS) is 10.8. The SMILES string of the molecule is O=C(CCCOc1ccc(Cl)cc1Cl)NN=Cc1cccs1. The molecule has 0 aliphatic heterocycles. The van der Waals surface area contributed by atoms with E-state index in [2.05, 4.69) is 10.5 Å². The summed E-state index contributed by atoms with van der Waals surface area (Å²) in [5.74, 6) is 0.404. The Morgan fingerprint density at radius 2 is 2.23 bits per heavy atom. The van der Waals surface area contributed by atoms with Crippen LogP contribution in [0, 0.1) is 0 Å². The van der Waals surface area contributed by atoms with E-state index in [4.69, 9.17) is 27.9 Å². The van der Waals surface area contributed by atoms with Gasteiger partial charge >= 0.3 is 0 Å². The minimum Gasteiger partial charge on any atom is -0.492 e. The highest BCUT2D eigenvalue weighted by molar-refractivity contribution is 7.11. The molecule has 0 saturated heterocycles. The molecule has 2 aromatic rings. The van der Waals surface area contributed by atoms with Gasteiger partial charge in [-0.1, -0.05) is 29.3 Å². The number of thiophene rings is 1. The number of carbonyl (C=O) groups excluding carboxylic acids is 1. The molecule has 1 heterocycles. The lowest BCUT2D eigenvalue weighted by Gasteiger charge is -2.07. The Morgan fingerprint density at radius 1 is 1.36 bits per heavy atom. The lowest BCUT2D eigenvalue weighted by Crippen LogP contribution is -2.17. The summed E-state index contributed by atoms with van der Waals surface area (Å²) in [4.78, 5) is 12.6. The molecule has 0 aliphatic rings. The Bertz CT molecular complexity index is 645. The van der Waals surface area contributed by atoms with Crippen LogP contribution in [0.4, 0.5) is 0 Å². The number of halogens is 2. The molecule has 0 unspecified atom stereocenters. The minimum absolute atomic E-state index is 0.154. The second kappa shape index (κ2) is 8.78. The average Bonchev–Trinajstić information content (AvgIpc) is 2.99. The predicted molar refractivity (Wildman–Crippen MR) is 91.2 cm³/mol. The van der Waals surface area contributed by atoms with Crippen molar-refractivity contribution in [2.24, 2.45) is 5.10 Å². The van der Waals surface area contributed by atoms with Crippen molar-refractivity contribution < 1.29 is 9.53 Å². The van der Waals surface area contributed by atoms with E-state index in [0.717, 1.165) is 4.88 Å². The van der Waals surface area contributed by atoms with Crippen molar-refractivity contribution in [2.75, 3.05) is 6.61 Å². The van der Waals surface area contributed by atoms with E-state index < -0.39 is 0 Å². The van der Waals surface area contributed by atoms with Gasteiger partial charge in [-0.2, -0.15) is 5.10 Å². The van der Waals surface area contributed by atoms with Crippen molar-refractivity contribution in [3.63, 3.8) is 0 Å². The van der Waals surface area contributed by atoms with Crippen molar-refractivity contribution in [1.29, 1.82) is 0 Å². The number of hydrazone groups is 1. The molecule has 116 valence electrons. The van der Waals surface area contributed by atoms with Crippen LogP contribution >= 0.6 is 34.5 Å². The zero-order chi connectivity index (χ0) is 15.8. The first-order valence-corrected chi connectivity index (χ1v) is 8.22. The van der Waals surface area contributed by atoms with Gasteiger partial charge in [0.25, 0.3) is 0 Å². The summed E-state index contributed by atoms with van der Waals surface area (Å²) >= 11 is 13.3. The molecule has 0 fully saturated rings. The lowest BCUT2D eigenvalue weighted by atomic mass is 10.3. The van der Waals surface area contributed by atoms with Gasteiger partial charge in [0.1, 0.15) is 5.75 Å². The molecule has 0 aliphatic carbocycles. The highest BCUT2D eigenvalue weighted by Gasteiger charge is 2.04. The third-order valence-electron chi connectivity index (χ3n) is 2.62. The van der Waals surface area contributed by atoms with Crippen LogP contribution in [-0.2, 0) is 4.79 Å². The number of nitrogens with one attached hydrogen (secondary N) is 1. The molecule has 4 nitrogen and oxygen atoms in total. The van der Waals surface area contributed by atoms with Gasteiger partial charge in [0.2, 0.25) is 5.91 Å². The Morgan fingerprint density at radius 3 is 2.95 bits per heavy atom. The molecule has 0 radical (unpaired) electrons. The number of hydrogen-bond donors (Lipinski definition) is 1.